The number of halogens is 1. The molecule has 0 amide bonds. The van der Waals surface area contributed by atoms with E-state index in [0.717, 1.165) is 11.6 Å². The Kier molecular flexibility index (Phi) is 4.03. The summed E-state index contributed by atoms with van der Waals surface area (Å²) in [6.45, 7) is 3.33. The highest BCUT2D eigenvalue weighted by Crippen LogP contribution is 2.21. The van der Waals surface area contributed by atoms with Crippen molar-refractivity contribution in [2.75, 3.05) is 5.73 Å². The summed E-state index contributed by atoms with van der Waals surface area (Å²) in [7, 11) is 0. The number of rotatable bonds is 3. The van der Waals surface area contributed by atoms with Crippen LogP contribution in [0.4, 0.5) is 10.1 Å². The molecule has 2 aromatic rings. The predicted molar refractivity (Wildman–Crippen MR) is 75.8 cm³/mol. The third-order valence-electron chi connectivity index (χ3n) is 3.17. The normalized spacial score (nSPS) is 11.9. The van der Waals surface area contributed by atoms with Crippen molar-refractivity contribution in [3.8, 4) is 0 Å². The maximum Gasteiger partial charge on any atom is 0.338 e. The second kappa shape index (κ2) is 5.74. The van der Waals surface area contributed by atoms with Gasteiger partial charge in [0.2, 0.25) is 0 Å². The van der Waals surface area contributed by atoms with Crippen molar-refractivity contribution in [2.45, 2.75) is 20.0 Å². The topological polar surface area (TPSA) is 52.3 Å². The summed E-state index contributed by atoms with van der Waals surface area (Å²) < 4.78 is 18.9. The van der Waals surface area contributed by atoms with E-state index in [2.05, 4.69) is 0 Å². The van der Waals surface area contributed by atoms with Crippen molar-refractivity contribution in [1.82, 2.24) is 0 Å². The molecule has 0 aliphatic heterocycles. The van der Waals surface area contributed by atoms with E-state index in [-0.39, 0.29) is 11.3 Å². The van der Waals surface area contributed by atoms with E-state index in [0.29, 0.717) is 5.56 Å². The van der Waals surface area contributed by atoms with Crippen LogP contribution in [0.3, 0.4) is 0 Å². The molecule has 104 valence electrons. The van der Waals surface area contributed by atoms with Gasteiger partial charge in [-0.15, -0.1) is 0 Å². The molecule has 4 heteroatoms. The van der Waals surface area contributed by atoms with Crippen LogP contribution in [0.25, 0.3) is 0 Å². The number of anilines is 1. The Hall–Kier alpha value is -2.36. The Balaban J connectivity index is 2.17. The molecule has 20 heavy (non-hydrogen) atoms. The van der Waals surface area contributed by atoms with Crippen LogP contribution < -0.4 is 5.73 Å². The van der Waals surface area contributed by atoms with E-state index in [1.807, 2.05) is 30.3 Å². The molecule has 3 nitrogen and oxygen atoms in total. The summed E-state index contributed by atoms with van der Waals surface area (Å²) in [6.07, 6.45) is -0.408. The van der Waals surface area contributed by atoms with Crippen molar-refractivity contribution in [2.24, 2.45) is 0 Å². The molecule has 2 aromatic carbocycles. The van der Waals surface area contributed by atoms with E-state index >= 15 is 0 Å². The Morgan fingerprint density at radius 2 is 1.90 bits per heavy atom. The zero-order valence-corrected chi connectivity index (χ0v) is 11.4. The Bertz CT molecular complexity index is 603. The SMILES string of the molecule is Cc1c(N)cc(C(=O)OC(C)c2ccccc2)cc1F. The van der Waals surface area contributed by atoms with Crippen LogP contribution in [0.2, 0.25) is 0 Å². The number of ether oxygens (including phenoxy) is 1. The minimum Gasteiger partial charge on any atom is -0.454 e. The summed E-state index contributed by atoms with van der Waals surface area (Å²) in [6, 6.07) is 11.9. The molecular weight excluding hydrogens is 257 g/mol. The van der Waals surface area contributed by atoms with Crippen LogP contribution in [-0.4, -0.2) is 5.97 Å². The van der Waals surface area contributed by atoms with Crippen LogP contribution >= 0.6 is 0 Å². The third-order valence-corrected chi connectivity index (χ3v) is 3.17. The zero-order valence-electron chi connectivity index (χ0n) is 11.4. The standard InChI is InChI=1S/C16H16FNO2/c1-10-14(17)8-13(9-15(10)18)16(19)20-11(2)12-6-4-3-5-7-12/h3-9,11H,18H2,1-2H3. The molecule has 0 heterocycles. The first-order chi connectivity index (χ1) is 9.49. The van der Waals surface area contributed by atoms with E-state index in [1.165, 1.54) is 6.07 Å². The average Bonchev–Trinajstić information content (AvgIpc) is 2.45. The highest BCUT2D eigenvalue weighted by Gasteiger charge is 2.16. The number of nitrogen functional groups attached to an aromatic ring is 1. The number of carbonyl (C=O) groups excluding carboxylic acids is 1. The first-order valence-corrected chi connectivity index (χ1v) is 6.30. The molecule has 0 aliphatic rings. The molecule has 1 atom stereocenters. The lowest BCUT2D eigenvalue weighted by Crippen LogP contribution is -2.10. The number of benzene rings is 2. The van der Waals surface area contributed by atoms with E-state index in [4.69, 9.17) is 10.5 Å². The highest BCUT2D eigenvalue weighted by atomic mass is 19.1. The maximum atomic E-state index is 13.6. The first-order valence-electron chi connectivity index (χ1n) is 6.30. The third kappa shape index (κ3) is 2.96. The number of nitrogens with two attached hydrogens (primary N) is 1. The minimum atomic E-state index is -0.591. The molecule has 0 bridgehead atoms. The fourth-order valence-corrected chi connectivity index (χ4v) is 1.84. The molecule has 0 fully saturated rings. The fraction of sp³-hybridized carbons (Fsp3) is 0.188. The van der Waals surface area contributed by atoms with Gasteiger partial charge in [-0.1, -0.05) is 30.3 Å². The summed E-state index contributed by atoms with van der Waals surface area (Å²) in [5, 5.41) is 0. The molecule has 0 saturated heterocycles. The Labute approximate surface area is 117 Å². The summed E-state index contributed by atoms with van der Waals surface area (Å²) in [4.78, 5) is 12.0. The molecule has 0 spiro atoms. The predicted octanol–water partition coefficient (Wildman–Crippen LogP) is 3.63. The fourth-order valence-electron chi connectivity index (χ4n) is 1.84. The van der Waals surface area contributed by atoms with Crippen molar-refractivity contribution < 1.29 is 13.9 Å². The number of hydrogen-bond acceptors (Lipinski definition) is 3. The maximum absolute atomic E-state index is 13.6. The lowest BCUT2D eigenvalue weighted by molar-refractivity contribution is 0.0337. The van der Waals surface area contributed by atoms with Crippen LogP contribution in [0.5, 0.6) is 0 Å². The second-order valence-electron chi connectivity index (χ2n) is 4.63. The van der Waals surface area contributed by atoms with Gasteiger partial charge in [0.25, 0.3) is 0 Å². The lowest BCUT2D eigenvalue weighted by atomic mass is 10.1. The van der Waals surface area contributed by atoms with Gasteiger partial charge in [0.15, 0.2) is 0 Å². The van der Waals surface area contributed by atoms with Crippen molar-refractivity contribution in [3.05, 3.63) is 65.0 Å². The van der Waals surface area contributed by atoms with Crippen LogP contribution in [-0.2, 0) is 4.74 Å². The van der Waals surface area contributed by atoms with Gasteiger partial charge >= 0.3 is 5.97 Å². The summed E-state index contributed by atoms with van der Waals surface area (Å²) in [5.74, 6) is -1.10. The minimum absolute atomic E-state index is 0.119. The number of esters is 1. The van der Waals surface area contributed by atoms with Gasteiger partial charge < -0.3 is 10.5 Å². The van der Waals surface area contributed by atoms with E-state index in [1.54, 1.807) is 13.8 Å². The van der Waals surface area contributed by atoms with E-state index in [9.17, 15) is 9.18 Å². The summed E-state index contributed by atoms with van der Waals surface area (Å²) >= 11 is 0. The summed E-state index contributed by atoms with van der Waals surface area (Å²) in [5.41, 5.74) is 7.22. The van der Waals surface area contributed by atoms with Crippen LogP contribution in [0.15, 0.2) is 42.5 Å². The molecule has 0 radical (unpaired) electrons. The molecule has 0 saturated carbocycles. The van der Waals surface area contributed by atoms with Crippen molar-refractivity contribution in [1.29, 1.82) is 0 Å². The first kappa shape index (κ1) is 14.1. The molecule has 2 rings (SSSR count). The van der Waals surface area contributed by atoms with Gasteiger partial charge in [-0.25, -0.2) is 9.18 Å². The Morgan fingerprint density at radius 1 is 1.25 bits per heavy atom. The highest BCUT2D eigenvalue weighted by molar-refractivity contribution is 5.90. The number of hydrogen-bond donors (Lipinski definition) is 1. The van der Waals surface area contributed by atoms with Gasteiger partial charge in [0, 0.05) is 11.3 Å². The van der Waals surface area contributed by atoms with Crippen LogP contribution in [0, 0.1) is 12.7 Å². The van der Waals surface area contributed by atoms with Gasteiger partial charge in [0.05, 0.1) is 5.56 Å². The molecular formula is C16H16FNO2. The number of carbonyl (C=O) groups is 1. The van der Waals surface area contributed by atoms with Crippen LogP contribution in [0.1, 0.15) is 34.5 Å². The van der Waals surface area contributed by atoms with Gasteiger partial charge in [-0.3, -0.25) is 0 Å². The lowest BCUT2D eigenvalue weighted by Gasteiger charge is -2.14. The zero-order chi connectivity index (χ0) is 14.7. The van der Waals surface area contributed by atoms with Gasteiger partial charge in [-0.05, 0) is 31.5 Å². The largest absolute Gasteiger partial charge is 0.454 e. The molecule has 0 aliphatic carbocycles. The van der Waals surface area contributed by atoms with E-state index < -0.39 is 17.9 Å². The van der Waals surface area contributed by atoms with Crippen molar-refractivity contribution in [3.63, 3.8) is 0 Å². The van der Waals surface area contributed by atoms with Gasteiger partial charge in [-0.2, -0.15) is 0 Å². The van der Waals surface area contributed by atoms with Gasteiger partial charge in [0.1, 0.15) is 11.9 Å². The average molecular weight is 273 g/mol. The molecule has 0 aromatic heterocycles. The second-order valence-corrected chi connectivity index (χ2v) is 4.63. The van der Waals surface area contributed by atoms with Crippen molar-refractivity contribution >= 4 is 11.7 Å². The monoisotopic (exact) mass is 273 g/mol. The Morgan fingerprint density at radius 3 is 2.50 bits per heavy atom. The smallest absolute Gasteiger partial charge is 0.338 e. The quantitative estimate of drug-likeness (QED) is 0.686. The molecule has 2 N–H and O–H groups in total. The molecule has 1 unspecified atom stereocenters.